The van der Waals surface area contributed by atoms with Crippen molar-refractivity contribution in [2.45, 2.75) is 38.4 Å². The molecule has 1 amide bonds. The van der Waals surface area contributed by atoms with Crippen LogP contribution in [0, 0.1) is 13.8 Å². The van der Waals surface area contributed by atoms with Crippen LogP contribution in [-0.2, 0) is 17.8 Å². The number of nitrogens with zero attached hydrogens (tertiary/aromatic N) is 3. The molecule has 0 aliphatic carbocycles. The van der Waals surface area contributed by atoms with Gasteiger partial charge >= 0.3 is 0 Å². The zero-order valence-corrected chi connectivity index (χ0v) is 16.0. The van der Waals surface area contributed by atoms with Gasteiger partial charge in [0.2, 0.25) is 5.91 Å². The molecule has 0 saturated carbocycles. The number of carbonyl (C=O) groups is 1. The van der Waals surface area contributed by atoms with Crippen molar-refractivity contribution in [1.82, 2.24) is 14.9 Å². The summed E-state index contributed by atoms with van der Waals surface area (Å²) in [5, 5.41) is 1.46. The first kappa shape index (κ1) is 18.7. The van der Waals surface area contributed by atoms with Gasteiger partial charge in [0.25, 0.3) is 0 Å². The number of carbonyl (C=O) groups excluding carboxylic acids is 1. The molecule has 0 spiro atoms. The Bertz CT molecular complexity index is 713. The standard InChI is InChI=1S/C18H22ClN3OS/c1-12-15(13(2)21-18(20-12)24-4)9-10-17(23)22(3)11-14-7-5-6-8-16(14)19/h5-8H,9-11H2,1-4H3. The summed E-state index contributed by atoms with van der Waals surface area (Å²) in [7, 11) is 1.80. The summed E-state index contributed by atoms with van der Waals surface area (Å²) in [5.41, 5.74) is 3.92. The molecule has 0 aliphatic rings. The van der Waals surface area contributed by atoms with Crippen LogP contribution in [0.5, 0.6) is 0 Å². The Morgan fingerprint density at radius 2 is 1.83 bits per heavy atom. The van der Waals surface area contributed by atoms with Crippen molar-refractivity contribution in [2.75, 3.05) is 13.3 Å². The molecule has 2 aromatic rings. The van der Waals surface area contributed by atoms with Crippen LogP contribution in [-0.4, -0.2) is 34.1 Å². The Balaban J connectivity index is 1.99. The van der Waals surface area contributed by atoms with Crippen LogP contribution in [0.25, 0.3) is 0 Å². The minimum atomic E-state index is 0.0858. The lowest BCUT2D eigenvalue weighted by atomic mass is 10.1. The third-order valence-electron chi connectivity index (χ3n) is 3.96. The SMILES string of the molecule is CSc1nc(C)c(CCC(=O)N(C)Cc2ccccc2Cl)c(C)n1. The maximum atomic E-state index is 12.4. The quantitative estimate of drug-likeness (QED) is 0.573. The first-order valence-electron chi connectivity index (χ1n) is 7.77. The highest BCUT2D eigenvalue weighted by atomic mass is 35.5. The average molecular weight is 364 g/mol. The molecule has 0 bridgehead atoms. The van der Waals surface area contributed by atoms with Crippen molar-refractivity contribution in [2.24, 2.45) is 0 Å². The van der Waals surface area contributed by atoms with E-state index < -0.39 is 0 Å². The fourth-order valence-electron chi connectivity index (χ4n) is 2.55. The van der Waals surface area contributed by atoms with E-state index in [1.165, 1.54) is 11.8 Å². The first-order chi connectivity index (χ1) is 11.4. The van der Waals surface area contributed by atoms with E-state index in [9.17, 15) is 4.79 Å². The van der Waals surface area contributed by atoms with E-state index in [-0.39, 0.29) is 5.91 Å². The number of halogens is 1. The van der Waals surface area contributed by atoms with Gasteiger partial charge in [-0.15, -0.1) is 0 Å². The predicted molar refractivity (Wildman–Crippen MR) is 99.5 cm³/mol. The molecule has 2 rings (SSSR count). The molecular formula is C18H22ClN3OS. The molecule has 128 valence electrons. The maximum absolute atomic E-state index is 12.4. The molecule has 0 fully saturated rings. The van der Waals surface area contributed by atoms with E-state index >= 15 is 0 Å². The number of hydrogen-bond acceptors (Lipinski definition) is 4. The van der Waals surface area contributed by atoms with Gasteiger partial charge < -0.3 is 4.90 Å². The van der Waals surface area contributed by atoms with Gasteiger partial charge in [-0.05, 0) is 43.7 Å². The van der Waals surface area contributed by atoms with E-state index in [1.807, 2.05) is 44.4 Å². The summed E-state index contributed by atoms with van der Waals surface area (Å²) in [5.74, 6) is 0.0858. The lowest BCUT2D eigenvalue weighted by Gasteiger charge is -2.18. The zero-order chi connectivity index (χ0) is 17.7. The smallest absolute Gasteiger partial charge is 0.222 e. The van der Waals surface area contributed by atoms with E-state index in [2.05, 4.69) is 9.97 Å². The lowest BCUT2D eigenvalue weighted by Crippen LogP contribution is -2.26. The number of rotatable bonds is 6. The summed E-state index contributed by atoms with van der Waals surface area (Å²) in [6, 6.07) is 7.59. The third kappa shape index (κ3) is 4.71. The summed E-state index contributed by atoms with van der Waals surface area (Å²) in [6.45, 7) is 4.46. The van der Waals surface area contributed by atoms with Crippen molar-refractivity contribution in [3.8, 4) is 0 Å². The van der Waals surface area contributed by atoms with Gasteiger partial charge in [0.15, 0.2) is 5.16 Å². The van der Waals surface area contributed by atoms with E-state index in [0.29, 0.717) is 24.4 Å². The van der Waals surface area contributed by atoms with Crippen LogP contribution in [0.1, 0.15) is 28.9 Å². The molecule has 1 aromatic carbocycles. The summed E-state index contributed by atoms with van der Waals surface area (Å²) < 4.78 is 0. The summed E-state index contributed by atoms with van der Waals surface area (Å²) in [4.78, 5) is 23.1. The van der Waals surface area contributed by atoms with Crippen molar-refractivity contribution < 1.29 is 4.79 Å². The van der Waals surface area contributed by atoms with Crippen LogP contribution in [0.4, 0.5) is 0 Å². The van der Waals surface area contributed by atoms with Crippen LogP contribution < -0.4 is 0 Å². The molecule has 0 radical (unpaired) electrons. The molecule has 1 aromatic heterocycles. The molecule has 1 heterocycles. The maximum Gasteiger partial charge on any atom is 0.222 e. The fraction of sp³-hybridized carbons (Fsp3) is 0.389. The second kappa shape index (κ2) is 8.49. The molecular weight excluding hydrogens is 342 g/mol. The topological polar surface area (TPSA) is 46.1 Å². The van der Waals surface area contributed by atoms with E-state index in [1.54, 1.807) is 11.9 Å². The van der Waals surface area contributed by atoms with Gasteiger partial charge in [-0.25, -0.2) is 9.97 Å². The van der Waals surface area contributed by atoms with Crippen molar-refractivity contribution in [3.05, 3.63) is 51.8 Å². The summed E-state index contributed by atoms with van der Waals surface area (Å²) in [6.07, 6.45) is 3.05. The molecule has 0 aliphatic heterocycles. The highest BCUT2D eigenvalue weighted by Gasteiger charge is 2.14. The van der Waals surface area contributed by atoms with Gasteiger partial charge in [0, 0.05) is 36.4 Å². The second-order valence-electron chi connectivity index (χ2n) is 5.70. The number of amides is 1. The number of thioether (sulfide) groups is 1. The Morgan fingerprint density at radius 3 is 2.42 bits per heavy atom. The minimum absolute atomic E-state index is 0.0858. The lowest BCUT2D eigenvalue weighted by molar-refractivity contribution is -0.130. The van der Waals surface area contributed by atoms with Crippen molar-refractivity contribution >= 4 is 29.3 Å². The van der Waals surface area contributed by atoms with E-state index in [4.69, 9.17) is 11.6 Å². The second-order valence-corrected chi connectivity index (χ2v) is 6.88. The van der Waals surface area contributed by atoms with Crippen LogP contribution in [0.2, 0.25) is 5.02 Å². The normalized spacial score (nSPS) is 10.7. The third-order valence-corrected chi connectivity index (χ3v) is 4.88. The Labute approximate surface area is 152 Å². The summed E-state index contributed by atoms with van der Waals surface area (Å²) >= 11 is 7.69. The number of benzene rings is 1. The Hall–Kier alpha value is -1.59. The number of hydrogen-bond donors (Lipinski definition) is 0. The highest BCUT2D eigenvalue weighted by molar-refractivity contribution is 7.98. The first-order valence-corrected chi connectivity index (χ1v) is 9.38. The van der Waals surface area contributed by atoms with Gasteiger partial charge in [0.05, 0.1) is 0 Å². The minimum Gasteiger partial charge on any atom is -0.341 e. The molecule has 0 atom stereocenters. The van der Waals surface area contributed by atoms with Gasteiger partial charge in [-0.2, -0.15) is 0 Å². The molecule has 4 nitrogen and oxygen atoms in total. The monoisotopic (exact) mass is 363 g/mol. The van der Waals surface area contributed by atoms with Crippen molar-refractivity contribution in [3.63, 3.8) is 0 Å². The Kier molecular flexibility index (Phi) is 6.63. The molecule has 24 heavy (non-hydrogen) atoms. The largest absolute Gasteiger partial charge is 0.341 e. The van der Waals surface area contributed by atoms with E-state index in [0.717, 1.165) is 27.7 Å². The Morgan fingerprint density at radius 1 is 1.21 bits per heavy atom. The number of aromatic nitrogens is 2. The fourth-order valence-corrected chi connectivity index (χ4v) is 3.21. The van der Waals surface area contributed by atoms with Crippen LogP contribution in [0.15, 0.2) is 29.4 Å². The average Bonchev–Trinajstić information content (AvgIpc) is 2.55. The number of aryl methyl sites for hydroxylation is 2. The zero-order valence-electron chi connectivity index (χ0n) is 14.5. The van der Waals surface area contributed by atoms with Gasteiger partial charge in [-0.1, -0.05) is 41.6 Å². The van der Waals surface area contributed by atoms with Crippen LogP contribution in [0.3, 0.4) is 0 Å². The van der Waals surface area contributed by atoms with Gasteiger partial charge in [0.1, 0.15) is 0 Å². The predicted octanol–water partition coefficient (Wildman–Crippen LogP) is 4.06. The molecule has 0 unspecified atom stereocenters. The van der Waals surface area contributed by atoms with Crippen molar-refractivity contribution in [1.29, 1.82) is 0 Å². The molecule has 6 heteroatoms. The highest BCUT2D eigenvalue weighted by Crippen LogP contribution is 2.19. The molecule has 0 N–H and O–H groups in total. The van der Waals surface area contributed by atoms with Crippen LogP contribution >= 0.6 is 23.4 Å². The molecule has 0 saturated heterocycles. The van der Waals surface area contributed by atoms with Gasteiger partial charge in [-0.3, -0.25) is 4.79 Å².